The highest BCUT2D eigenvalue weighted by molar-refractivity contribution is 5.80. The number of aryl methyl sites for hydroxylation is 1. The largest absolute Gasteiger partial charge is 0.481 e. The zero-order valence-corrected chi connectivity index (χ0v) is 8.64. The van der Waals surface area contributed by atoms with Crippen molar-refractivity contribution in [3.05, 3.63) is 18.2 Å². The molecule has 0 unspecified atom stereocenters. The minimum Gasteiger partial charge on any atom is -0.481 e. The van der Waals surface area contributed by atoms with Gasteiger partial charge in [-0.1, -0.05) is 0 Å². The summed E-state index contributed by atoms with van der Waals surface area (Å²) in [6, 6.07) is 0. The van der Waals surface area contributed by atoms with Crippen LogP contribution in [0.5, 0.6) is 0 Å². The smallest absolute Gasteiger partial charge is 0.315 e. The van der Waals surface area contributed by atoms with Gasteiger partial charge in [-0.15, -0.1) is 0 Å². The average molecular weight is 210 g/mol. The van der Waals surface area contributed by atoms with Crippen LogP contribution < -0.4 is 0 Å². The van der Waals surface area contributed by atoms with Gasteiger partial charge in [0.05, 0.1) is 12.0 Å². The Kier molecular flexibility index (Phi) is 2.48. The molecule has 1 aromatic heterocycles. The van der Waals surface area contributed by atoms with Gasteiger partial charge in [0.15, 0.2) is 0 Å². The van der Waals surface area contributed by atoms with Crippen molar-refractivity contribution < 1.29 is 14.6 Å². The van der Waals surface area contributed by atoms with E-state index in [1.807, 2.05) is 7.05 Å². The molecule has 2 heterocycles. The first-order chi connectivity index (χ1) is 7.15. The zero-order valence-electron chi connectivity index (χ0n) is 8.64. The van der Waals surface area contributed by atoms with Crippen molar-refractivity contribution in [2.45, 2.75) is 18.3 Å². The monoisotopic (exact) mass is 210 g/mol. The summed E-state index contributed by atoms with van der Waals surface area (Å²) >= 11 is 0. The van der Waals surface area contributed by atoms with Gasteiger partial charge in [-0.3, -0.25) is 4.79 Å². The van der Waals surface area contributed by atoms with Crippen LogP contribution in [0.15, 0.2) is 12.5 Å². The molecule has 5 heteroatoms. The maximum atomic E-state index is 11.4. The quantitative estimate of drug-likeness (QED) is 0.774. The molecule has 1 aliphatic rings. The summed E-state index contributed by atoms with van der Waals surface area (Å²) in [7, 11) is 1.84. The van der Waals surface area contributed by atoms with Crippen LogP contribution in [-0.2, 0) is 22.0 Å². The van der Waals surface area contributed by atoms with Crippen LogP contribution in [0.3, 0.4) is 0 Å². The summed E-state index contributed by atoms with van der Waals surface area (Å²) in [4.78, 5) is 15.5. The number of rotatable bonds is 2. The van der Waals surface area contributed by atoms with E-state index in [2.05, 4.69) is 4.98 Å². The van der Waals surface area contributed by atoms with Gasteiger partial charge in [-0.25, -0.2) is 4.98 Å². The Hall–Kier alpha value is -1.36. The van der Waals surface area contributed by atoms with E-state index in [9.17, 15) is 9.90 Å². The number of hydrogen-bond donors (Lipinski definition) is 1. The second-order valence-corrected chi connectivity index (χ2v) is 3.92. The highest BCUT2D eigenvalue weighted by Gasteiger charge is 2.43. The third-order valence-electron chi connectivity index (χ3n) is 2.95. The van der Waals surface area contributed by atoms with Crippen LogP contribution in [0, 0.1) is 0 Å². The molecule has 1 fully saturated rings. The first-order valence-electron chi connectivity index (χ1n) is 4.95. The fraction of sp³-hybridized carbons (Fsp3) is 0.600. The van der Waals surface area contributed by atoms with E-state index in [0.29, 0.717) is 31.7 Å². The van der Waals surface area contributed by atoms with Crippen LogP contribution in [0.4, 0.5) is 0 Å². The summed E-state index contributed by atoms with van der Waals surface area (Å²) < 4.78 is 6.98. The van der Waals surface area contributed by atoms with Crippen molar-refractivity contribution in [3.63, 3.8) is 0 Å². The minimum absolute atomic E-state index is 0.489. The number of ether oxygens (including phenoxy) is 1. The number of hydrogen-bond acceptors (Lipinski definition) is 3. The number of aliphatic carboxylic acids is 1. The van der Waals surface area contributed by atoms with E-state index in [0.717, 1.165) is 0 Å². The SMILES string of the molecule is Cn1cnc(C2(C(=O)O)CCOCC2)c1. The maximum absolute atomic E-state index is 11.4. The molecule has 0 aliphatic carbocycles. The van der Waals surface area contributed by atoms with Gasteiger partial charge in [-0.05, 0) is 12.8 Å². The van der Waals surface area contributed by atoms with E-state index in [1.54, 1.807) is 17.1 Å². The molecule has 82 valence electrons. The van der Waals surface area contributed by atoms with Gasteiger partial charge in [0.2, 0.25) is 0 Å². The fourth-order valence-corrected chi connectivity index (χ4v) is 1.96. The molecular weight excluding hydrogens is 196 g/mol. The van der Waals surface area contributed by atoms with Gasteiger partial charge in [0.25, 0.3) is 0 Å². The average Bonchev–Trinajstić information content (AvgIpc) is 2.66. The molecule has 0 radical (unpaired) electrons. The van der Waals surface area contributed by atoms with Gasteiger partial charge in [0, 0.05) is 26.5 Å². The molecule has 1 aromatic rings. The minimum atomic E-state index is -0.848. The molecule has 1 saturated heterocycles. The molecule has 0 bridgehead atoms. The summed E-state index contributed by atoms with van der Waals surface area (Å²) in [5, 5.41) is 9.35. The van der Waals surface area contributed by atoms with E-state index >= 15 is 0 Å². The summed E-state index contributed by atoms with van der Waals surface area (Å²) in [6.45, 7) is 0.978. The van der Waals surface area contributed by atoms with E-state index in [1.165, 1.54) is 0 Å². The Morgan fingerprint density at radius 3 is 2.73 bits per heavy atom. The molecular formula is C10H14N2O3. The van der Waals surface area contributed by atoms with Gasteiger partial charge >= 0.3 is 5.97 Å². The Labute approximate surface area is 87.7 Å². The van der Waals surface area contributed by atoms with E-state index in [-0.39, 0.29) is 0 Å². The molecule has 1 aliphatic heterocycles. The number of carbonyl (C=O) groups is 1. The first kappa shape index (κ1) is 10.2. The topological polar surface area (TPSA) is 64.4 Å². The van der Waals surface area contributed by atoms with Crippen molar-refractivity contribution in [1.29, 1.82) is 0 Å². The fourth-order valence-electron chi connectivity index (χ4n) is 1.96. The van der Waals surface area contributed by atoms with Crippen LogP contribution in [0.1, 0.15) is 18.5 Å². The van der Waals surface area contributed by atoms with Crippen LogP contribution in [0.2, 0.25) is 0 Å². The van der Waals surface area contributed by atoms with E-state index < -0.39 is 11.4 Å². The lowest BCUT2D eigenvalue weighted by molar-refractivity contribution is -0.148. The normalized spacial score (nSPS) is 20.1. The lowest BCUT2D eigenvalue weighted by Gasteiger charge is -2.31. The lowest BCUT2D eigenvalue weighted by atomic mass is 9.77. The lowest BCUT2D eigenvalue weighted by Crippen LogP contribution is -2.41. The molecule has 0 spiro atoms. The third kappa shape index (κ3) is 1.63. The van der Waals surface area contributed by atoms with Crippen LogP contribution >= 0.6 is 0 Å². The highest BCUT2D eigenvalue weighted by atomic mass is 16.5. The van der Waals surface area contributed by atoms with Crippen molar-refractivity contribution in [2.24, 2.45) is 7.05 Å². The number of imidazole rings is 1. The first-order valence-corrected chi connectivity index (χ1v) is 4.95. The summed E-state index contributed by atoms with van der Waals surface area (Å²) in [5.41, 5.74) is -0.208. The molecule has 0 aromatic carbocycles. The summed E-state index contributed by atoms with van der Waals surface area (Å²) in [5.74, 6) is -0.801. The third-order valence-corrected chi connectivity index (χ3v) is 2.95. The molecule has 15 heavy (non-hydrogen) atoms. The van der Waals surface area contributed by atoms with E-state index in [4.69, 9.17) is 4.74 Å². The predicted octanol–water partition coefficient (Wildman–Crippen LogP) is 0.553. The molecule has 1 N–H and O–H groups in total. The molecule has 0 atom stereocenters. The van der Waals surface area contributed by atoms with Crippen molar-refractivity contribution in [1.82, 2.24) is 9.55 Å². The van der Waals surface area contributed by atoms with Gasteiger partial charge in [0.1, 0.15) is 5.41 Å². The Morgan fingerprint density at radius 2 is 2.27 bits per heavy atom. The number of nitrogens with zero attached hydrogens (tertiary/aromatic N) is 2. The van der Waals surface area contributed by atoms with Crippen LogP contribution in [0.25, 0.3) is 0 Å². The molecule has 2 rings (SSSR count). The standard InChI is InChI=1S/C10H14N2O3/c1-12-6-8(11-7-12)10(9(13)14)2-4-15-5-3-10/h6-7H,2-5H2,1H3,(H,13,14). The second kappa shape index (κ2) is 3.66. The Bertz CT molecular complexity index is 366. The van der Waals surface area contributed by atoms with Crippen molar-refractivity contribution in [2.75, 3.05) is 13.2 Å². The predicted molar refractivity (Wildman–Crippen MR) is 52.6 cm³/mol. The maximum Gasteiger partial charge on any atom is 0.315 e. The zero-order chi connectivity index (χ0) is 10.9. The van der Waals surface area contributed by atoms with Crippen molar-refractivity contribution in [3.8, 4) is 0 Å². The summed E-state index contributed by atoms with van der Waals surface area (Å²) in [6.07, 6.45) is 4.41. The number of carboxylic acids is 1. The molecule has 0 saturated carbocycles. The highest BCUT2D eigenvalue weighted by Crippen LogP contribution is 2.33. The van der Waals surface area contributed by atoms with Crippen LogP contribution in [-0.4, -0.2) is 33.8 Å². The van der Waals surface area contributed by atoms with Gasteiger partial charge in [-0.2, -0.15) is 0 Å². The van der Waals surface area contributed by atoms with Gasteiger partial charge < -0.3 is 14.4 Å². The Balaban J connectivity index is 2.37. The number of aromatic nitrogens is 2. The number of carboxylic acid groups (broad SMARTS) is 1. The Morgan fingerprint density at radius 1 is 1.60 bits per heavy atom. The molecule has 0 amide bonds. The van der Waals surface area contributed by atoms with Crippen molar-refractivity contribution >= 4 is 5.97 Å². The second-order valence-electron chi connectivity index (χ2n) is 3.92. The molecule has 5 nitrogen and oxygen atoms in total.